The van der Waals surface area contributed by atoms with Crippen molar-refractivity contribution in [3.05, 3.63) is 29.6 Å². The van der Waals surface area contributed by atoms with Crippen molar-refractivity contribution in [2.75, 3.05) is 12.3 Å². The van der Waals surface area contributed by atoms with Gasteiger partial charge in [0.1, 0.15) is 5.82 Å². The van der Waals surface area contributed by atoms with Gasteiger partial charge in [-0.1, -0.05) is 26.0 Å². The van der Waals surface area contributed by atoms with Crippen molar-refractivity contribution in [2.45, 2.75) is 31.7 Å². The van der Waals surface area contributed by atoms with Crippen molar-refractivity contribution in [1.82, 2.24) is 5.32 Å². The van der Waals surface area contributed by atoms with Crippen LogP contribution in [0.2, 0.25) is 0 Å². The van der Waals surface area contributed by atoms with E-state index in [9.17, 15) is 4.39 Å². The molecule has 0 bridgehead atoms. The summed E-state index contributed by atoms with van der Waals surface area (Å²) in [5.41, 5.74) is 1.07. The Kier molecular flexibility index (Phi) is 5.73. The Morgan fingerprint density at radius 1 is 1.33 bits per heavy atom. The molecule has 0 radical (unpaired) electrons. The number of halogens is 1. The highest BCUT2D eigenvalue weighted by Gasteiger charge is 2.07. The van der Waals surface area contributed by atoms with Gasteiger partial charge in [0.25, 0.3) is 0 Å². The van der Waals surface area contributed by atoms with Gasteiger partial charge in [0.2, 0.25) is 0 Å². The van der Waals surface area contributed by atoms with Gasteiger partial charge in [0, 0.05) is 11.4 Å². The van der Waals surface area contributed by atoms with Crippen LogP contribution in [-0.4, -0.2) is 12.3 Å². The minimum absolute atomic E-state index is 0.0994. The van der Waals surface area contributed by atoms with E-state index in [1.54, 1.807) is 17.8 Å². The normalized spacial score (nSPS) is 10.6. The molecule has 0 saturated carbocycles. The van der Waals surface area contributed by atoms with Crippen molar-refractivity contribution in [2.24, 2.45) is 0 Å². The molecule has 0 spiro atoms. The second kappa shape index (κ2) is 6.85. The molecule has 0 saturated heterocycles. The van der Waals surface area contributed by atoms with Crippen LogP contribution in [0.5, 0.6) is 0 Å². The zero-order valence-corrected chi connectivity index (χ0v) is 10.2. The SMILES string of the molecule is CCCNCc1cccc(F)c1SCC. The fraction of sp³-hybridized carbons (Fsp3) is 0.500. The average Bonchev–Trinajstić information content (AvgIpc) is 2.23. The molecule has 0 heterocycles. The largest absolute Gasteiger partial charge is 0.313 e. The van der Waals surface area contributed by atoms with Crippen LogP contribution in [0, 0.1) is 5.82 Å². The third-order valence-corrected chi connectivity index (χ3v) is 3.11. The van der Waals surface area contributed by atoms with Gasteiger partial charge < -0.3 is 5.32 Å². The van der Waals surface area contributed by atoms with Crippen LogP contribution >= 0.6 is 11.8 Å². The highest BCUT2D eigenvalue weighted by molar-refractivity contribution is 7.99. The summed E-state index contributed by atoms with van der Waals surface area (Å²) < 4.78 is 13.5. The molecule has 0 aliphatic heterocycles. The molecule has 1 rings (SSSR count). The topological polar surface area (TPSA) is 12.0 Å². The van der Waals surface area contributed by atoms with Gasteiger partial charge in [-0.2, -0.15) is 0 Å². The van der Waals surface area contributed by atoms with Crippen molar-refractivity contribution in [3.8, 4) is 0 Å². The average molecular weight is 227 g/mol. The van der Waals surface area contributed by atoms with E-state index in [1.807, 2.05) is 13.0 Å². The van der Waals surface area contributed by atoms with Gasteiger partial charge in [0.05, 0.1) is 0 Å². The van der Waals surface area contributed by atoms with Crippen molar-refractivity contribution in [3.63, 3.8) is 0 Å². The molecule has 1 N–H and O–H groups in total. The number of thioether (sulfide) groups is 1. The van der Waals surface area contributed by atoms with E-state index in [0.29, 0.717) is 0 Å². The molecule has 0 amide bonds. The molecule has 0 aliphatic rings. The van der Waals surface area contributed by atoms with E-state index in [4.69, 9.17) is 0 Å². The van der Waals surface area contributed by atoms with E-state index in [2.05, 4.69) is 12.2 Å². The predicted molar refractivity (Wildman–Crippen MR) is 64.8 cm³/mol. The zero-order chi connectivity index (χ0) is 11.1. The summed E-state index contributed by atoms with van der Waals surface area (Å²) in [5.74, 6) is 0.805. The first-order valence-corrected chi connectivity index (χ1v) is 6.39. The Balaban J connectivity index is 2.71. The fourth-order valence-electron chi connectivity index (χ4n) is 1.40. The van der Waals surface area contributed by atoms with E-state index in [1.165, 1.54) is 6.07 Å². The smallest absolute Gasteiger partial charge is 0.137 e. The van der Waals surface area contributed by atoms with Crippen LogP contribution < -0.4 is 5.32 Å². The second-order valence-corrected chi connectivity index (χ2v) is 4.61. The molecule has 3 heteroatoms. The number of hydrogen-bond acceptors (Lipinski definition) is 2. The van der Waals surface area contributed by atoms with Gasteiger partial charge in [-0.15, -0.1) is 11.8 Å². The fourth-order valence-corrected chi connectivity index (χ4v) is 2.22. The zero-order valence-electron chi connectivity index (χ0n) is 9.35. The van der Waals surface area contributed by atoms with E-state index in [-0.39, 0.29) is 5.82 Å². The number of rotatable bonds is 6. The van der Waals surface area contributed by atoms with Crippen molar-refractivity contribution < 1.29 is 4.39 Å². The maximum atomic E-state index is 13.5. The number of benzene rings is 1. The summed E-state index contributed by atoms with van der Waals surface area (Å²) in [6.45, 7) is 5.90. The minimum Gasteiger partial charge on any atom is -0.313 e. The monoisotopic (exact) mass is 227 g/mol. The summed E-state index contributed by atoms with van der Waals surface area (Å²) in [6.07, 6.45) is 1.10. The first kappa shape index (κ1) is 12.5. The Hall–Kier alpha value is -0.540. The van der Waals surface area contributed by atoms with Crippen molar-refractivity contribution in [1.29, 1.82) is 0 Å². The van der Waals surface area contributed by atoms with Crippen LogP contribution in [0.1, 0.15) is 25.8 Å². The second-order valence-electron chi connectivity index (χ2n) is 3.34. The van der Waals surface area contributed by atoms with Gasteiger partial charge in [-0.3, -0.25) is 0 Å². The third kappa shape index (κ3) is 3.84. The standard InChI is InChI=1S/C12H18FNS/c1-3-8-14-9-10-6-5-7-11(13)12(10)15-4-2/h5-7,14H,3-4,8-9H2,1-2H3. The molecule has 84 valence electrons. The number of nitrogens with one attached hydrogen (secondary N) is 1. The quantitative estimate of drug-likeness (QED) is 0.590. The van der Waals surface area contributed by atoms with Gasteiger partial charge >= 0.3 is 0 Å². The van der Waals surface area contributed by atoms with Crippen LogP contribution in [0.4, 0.5) is 4.39 Å². The lowest BCUT2D eigenvalue weighted by Crippen LogP contribution is -2.14. The lowest BCUT2D eigenvalue weighted by molar-refractivity contribution is 0.589. The number of hydrogen-bond donors (Lipinski definition) is 1. The first-order chi connectivity index (χ1) is 7.29. The lowest BCUT2D eigenvalue weighted by Gasteiger charge is -2.09. The summed E-state index contributed by atoms with van der Waals surface area (Å²) in [6, 6.07) is 5.29. The van der Waals surface area contributed by atoms with E-state index >= 15 is 0 Å². The van der Waals surface area contributed by atoms with E-state index in [0.717, 1.165) is 35.7 Å². The molecule has 15 heavy (non-hydrogen) atoms. The first-order valence-electron chi connectivity index (χ1n) is 5.40. The molecule has 1 nitrogen and oxygen atoms in total. The predicted octanol–water partition coefficient (Wildman–Crippen LogP) is 3.44. The summed E-state index contributed by atoms with van der Waals surface area (Å²) >= 11 is 1.57. The molecular weight excluding hydrogens is 209 g/mol. The van der Waals surface area contributed by atoms with Crippen LogP contribution in [-0.2, 0) is 6.54 Å². The molecule has 0 aliphatic carbocycles. The van der Waals surface area contributed by atoms with Gasteiger partial charge in [-0.05, 0) is 30.3 Å². The minimum atomic E-state index is -0.0994. The summed E-state index contributed by atoms with van der Waals surface area (Å²) in [4.78, 5) is 0.795. The molecule has 1 aromatic carbocycles. The third-order valence-electron chi connectivity index (χ3n) is 2.08. The highest BCUT2D eigenvalue weighted by Crippen LogP contribution is 2.25. The lowest BCUT2D eigenvalue weighted by atomic mass is 10.2. The Labute approximate surface area is 95.5 Å². The maximum absolute atomic E-state index is 13.5. The molecule has 0 atom stereocenters. The summed E-state index contributed by atoms with van der Waals surface area (Å²) in [5, 5.41) is 3.30. The van der Waals surface area contributed by atoms with Gasteiger partial charge in [-0.25, -0.2) is 4.39 Å². The van der Waals surface area contributed by atoms with E-state index < -0.39 is 0 Å². The Morgan fingerprint density at radius 2 is 2.13 bits per heavy atom. The maximum Gasteiger partial charge on any atom is 0.137 e. The highest BCUT2D eigenvalue weighted by atomic mass is 32.2. The van der Waals surface area contributed by atoms with Crippen LogP contribution in [0.25, 0.3) is 0 Å². The summed E-state index contributed by atoms with van der Waals surface area (Å²) in [7, 11) is 0. The Bertz CT molecular complexity index is 302. The van der Waals surface area contributed by atoms with Gasteiger partial charge in [0.15, 0.2) is 0 Å². The van der Waals surface area contributed by atoms with Crippen LogP contribution in [0.15, 0.2) is 23.1 Å². The van der Waals surface area contributed by atoms with Crippen molar-refractivity contribution >= 4 is 11.8 Å². The molecule has 0 aromatic heterocycles. The molecular formula is C12H18FNS. The molecule has 0 unspecified atom stereocenters. The van der Waals surface area contributed by atoms with Crippen LogP contribution in [0.3, 0.4) is 0 Å². The molecule has 0 fully saturated rings. The Morgan fingerprint density at radius 3 is 2.80 bits per heavy atom. The molecule has 1 aromatic rings.